The molecule has 1 aromatic carbocycles. The number of fused-ring (bicyclic) bond motifs is 1. The number of carbonyl (C=O) groups is 1. The summed E-state index contributed by atoms with van der Waals surface area (Å²) in [5, 5.41) is 15.4. The summed E-state index contributed by atoms with van der Waals surface area (Å²) >= 11 is 1.22. The van der Waals surface area contributed by atoms with E-state index in [2.05, 4.69) is 40.6 Å². The number of hydrogen-bond donors (Lipinski definition) is 1. The highest BCUT2D eigenvalue weighted by atomic mass is 32.2. The number of nitrogens with zero attached hydrogens (tertiary/aromatic N) is 4. The number of thioether (sulfide) groups is 1. The first-order valence-electron chi connectivity index (χ1n) is 10.1. The van der Waals surface area contributed by atoms with Gasteiger partial charge in [0.2, 0.25) is 5.17 Å². The fraction of sp³-hybridized carbons (Fsp3) is 0.167. The van der Waals surface area contributed by atoms with Crippen molar-refractivity contribution in [3.05, 3.63) is 82.1 Å². The largest absolute Gasteiger partial charge is 0.462 e. The Labute approximate surface area is 189 Å². The van der Waals surface area contributed by atoms with Crippen molar-refractivity contribution in [1.82, 2.24) is 9.58 Å². The minimum Gasteiger partial charge on any atom is -0.462 e. The molecule has 0 fully saturated rings. The molecule has 4 heterocycles. The summed E-state index contributed by atoms with van der Waals surface area (Å²) in [5.74, 6) is 0.141. The van der Waals surface area contributed by atoms with Crippen LogP contribution in [0.4, 0.5) is 0 Å². The van der Waals surface area contributed by atoms with Gasteiger partial charge in [0, 0.05) is 11.4 Å². The number of benzene rings is 1. The molecule has 0 unspecified atom stereocenters. The van der Waals surface area contributed by atoms with Crippen LogP contribution < -0.4 is 0 Å². The molecule has 1 N–H and O–H groups in total. The van der Waals surface area contributed by atoms with E-state index in [4.69, 9.17) is 9.83 Å². The lowest BCUT2D eigenvalue weighted by Crippen LogP contribution is -2.35. The van der Waals surface area contributed by atoms with Crippen LogP contribution in [-0.4, -0.2) is 31.5 Å². The van der Waals surface area contributed by atoms with Gasteiger partial charge in [-0.1, -0.05) is 18.2 Å². The number of nitrogens with one attached hydrogen (secondary N) is 1. The van der Waals surface area contributed by atoms with Gasteiger partial charge >= 0.3 is 0 Å². The van der Waals surface area contributed by atoms with E-state index >= 15 is 0 Å². The molecule has 0 saturated carbocycles. The SMILES string of the molecule is Cc1cccc(C)c1-n1c(C)cc(C=C2C(=N)N3N=C(c4ccco4)SC3=NC2=O)c1C. The van der Waals surface area contributed by atoms with Crippen molar-refractivity contribution >= 4 is 39.8 Å². The third-order valence-corrected chi connectivity index (χ3v) is 6.54. The Hall–Kier alpha value is -3.65. The minimum absolute atomic E-state index is 0.00549. The number of furan rings is 1. The van der Waals surface area contributed by atoms with Gasteiger partial charge in [-0.15, -0.1) is 0 Å². The Morgan fingerprint density at radius 3 is 2.53 bits per heavy atom. The molecule has 0 bridgehead atoms. The van der Waals surface area contributed by atoms with Crippen LogP contribution >= 0.6 is 11.8 Å². The second-order valence-electron chi connectivity index (χ2n) is 7.80. The van der Waals surface area contributed by atoms with Crippen molar-refractivity contribution in [3.8, 4) is 5.69 Å². The van der Waals surface area contributed by atoms with Crippen LogP contribution in [0.1, 0.15) is 33.8 Å². The van der Waals surface area contributed by atoms with Crippen LogP contribution in [0.15, 0.2) is 62.7 Å². The number of hydrogen-bond acceptors (Lipinski definition) is 5. The molecule has 3 aromatic rings. The molecule has 160 valence electrons. The molecule has 1 amide bonds. The fourth-order valence-electron chi connectivity index (χ4n) is 4.08. The maximum atomic E-state index is 12.8. The third kappa shape index (κ3) is 3.15. The van der Waals surface area contributed by atoms with Gasteiger partial charge < -0.3 is 8.98 Å². The summed E-state index contributed by atoms with van der Waals surface area (Å²) in [6, 6.07) is 11.8. The zero-order chi connectivity index (χ0) is 22.6. The first kappa shape index (κ1) is 20.3. The molecule has 32 heavy (non-hydrogen) atoms. The molecular weight excluding hydrogens is 422 g/mol. The van der Waals surface area contributed by atoms with Crippen molar-refractivity contribution < 1.29 is 9.21 Å². The van der Waals surface area contributed by atoms with Crippen LogP contribution in [0, 0.1) is 33.1 Å². The van der Waals surface area contributed by atoms with Crippen LogP contribution in [-0.2, 0) is 4.79 Å². The van der Waals surface area contributed by atoms with E-state index in [9.17, 15) is 4.79 Å². The normalized spacial score (nSPS) is 17.1. The molecule has 0 radical (unpaired) electrons. The van der Waals surface area contributed by atoms with E-state index < -0.39 is 5.91 Å². The standard InChI is InChI=1S/C24H21N5O2S/c1-13-7-5-8-14(2)20(13)28-15(3)11-17(16(28)4)12-18-21(25)29-24(26-22(18)30)32-23(27-29)19-9-6-10-31-19/h5-12,25H,1-4H3. The number of para-hydroxylation sites is 1. The maximum Gasteiger partial charge on any atom is 0.283 e. The summed E-state index contributed by atoms with van der Waals surface area (Å²) in [7, 11) is 0. The van der Waals surface area contributed by atoms with Crippen molar-refractivity contribution in [1.29, 1.82) is 5.41 Å². The monoisotopic (exact) mass is 443 g/mol. The quantitative estimate of drug-likeness (QED) is 0.579. The highest BCUT2D eigenvalue weighted by Gasteiger charge is 2.36. The third-order valence-electron chi connectivity index (χ3n) is 5.62. The van der Waals surface area contributed by atoms with E-state index in [1.54, 1.807) is 24.5 Å². The van der Waals surface area contributed by atoms with Crippen molar-refractivity contribution in [2.24, 2.45) is 10.1 Å². The van der Waals surface area contributed by atoms with Gasteiger partial charge in [0.05, 0.1) is 17.5 Å². The number of rotatable bonds is 3. The Morgan fingerprint density at radius 1 is 1.09 bits per heavy atom. The Bertz CT molecular complexity index is 1360. The number of aliphatic imine (C=N–C) groups is 1. The lowest BCUT2D eigenvalue weighted by atomic mass is 10.1. The van der Waals surface area contributed by atoms with E-state index in [0.717, 1.165) is 22.6 Å². The van der Waals surface area contributed by atoms with E-state index in [1.165, 1.54) is 27.9 Å². The number of amides is 1. The second kappa shape index (κ2) is 7.49. The minimum atomic E-state index is -0.443. The molecule has 0 atom stereocenters. The van der Waals surface area contributed by atoms with Gasteiger partial charge in [0.15, 0.2) is 16.6 Å². The van der Waals surface area contributed by atoms with Crippen LogP contribution in [0.25, 0.3) is 11.8 Å². The number of aryl methyl sites for hydroxylation is 3. The summed E-state index contributed by atoms with van der Waals surface area (Å²) in [6.45, 7) is 8.25. The van der Waals surface area contributed by atoms with Gasteiger partial charge in [-0.3, -0.25) is 10.2 Å². The average Bonchev–Trinajstić information content (AvgIpc) is 3.47. The molecule has 5 rings (SSSR count). The average molecular weight is 444 g/mol. The molecule has 0 saturated heterocycles. The number of aromatic nitrogens is 1. The van der Waals surface area contributed by atoms with Crippen LogP contribution in [0.2, 0.25) is 0 Å². The number of carbonyl (C=O) groups excluding carboxylic acids is 1. The van der Waals surface area contributed by atoms with E-state index in [1.807, 2.05) is 26.0 Å². The van der Waals surface area contributed by atoms with Crippen molar-refractivity contribution in [2.45, 2.75) is 27.7 Å². The Morgan fingerprint density at radius 2 is 1.84 bits per heavy atom. The lowest BCUT2D eigenvalue weighted by molar-refractivity contribution is -0.114. The zero-order valence-corrected chi connectivity index (χ0v) is 18.9. The molecular formula is C24H21N5O2S. The summed E-state index contributed by atoms with van der Waals surface area (Å²) < 4.78 is 7.59. The van der Waals surface area contributed by atoms with Crippen LogP contribution in [0.3, 0.4) is 0 Å². The predicted octanol–water partition coefficient (Wildman–Crippen LogP) is 4.97. The highest BCUT2D eigenvalue weighted by Crippen LogP contribution is 2.32. The van der Waals surface area contributed by atoms with Gasteiger partial charge in [-0.25, -0.2) is 0 Å². The molecule has 8 heteroatoms. The maximum absolute atomic E-state index is 12.8. The van der Waals surface area contributed by atoms with E-state index in [-0.39, 0.29) is 11.4 Å². The Kier molecular flexibility index (Phi) is 4.74. The van der Waals surface area contributed by atoms with Gasteiger partial charge in [-0.05, 0) is 80.4 Å². The predicted molar refractivity (Wildman–Crippen MR) is 128 cm³/mol. The first-order valence-corrected chi connectivity index (χ1v) is 11.0. The number of amidine groups is 2. The molecule has 0 aliphatic carbocycles. The molecule has 2 aromatic heterocycles. The summed E-state index contributed by atoms with van der Waals surface area (Å²) in [6.07, 6.45) is 3.30. The van der Waals surface area contributed by atoms with Gasteiger partial charge in [-0.2, -0.15) is 15.1 Å². The summed E-state index contributed by atoms with van der Waals surface area (Å²) in [5.41, 5.74) is 6.63. The number of hydrazone groups is 1. The highest BCUT2D eigenvalue weighted by molar-refractivity contribution is 8.27. The molecule has 2 aliphatic heterocycles. The lowest BCUT2D eigenvalue weighted by Gasteiger charge is -2.20. The van der Waals surface area contributed by atoms with Crippen LogP contribution in [0.5, 0.6) is 0 Å². The van der Waals surface area contributed by atoms with E-state index in [0.29, 0.717) is 16.0 Å². The first-order chi connectivity index (χ1) is 15.3. The zero-order valence-electron chi connectivity index (χ0n) is 18.1. The molecule has 0 spiro atoms. The van der Waals surface area contributed by atoms with Crippen molar-refractivity contribution in [2.75, 3.05) is 0 Å². The molecule has 7 nitrogen and oxygen atoms in total. The van der Waals surface area contributed by atoms with Gasteiger partial charge in [0.1, 0.15) is 0 Å². The smallest absolute Gasteiger partial charge is 0.283 e. The van der Waals surface area contributed by atoms with Crippen molar-refractivity contribution in [3.63, 3.8) is 0 Å². The second-order valence-corrected chi connectivity index (χ2v) is 8.76. The topological polar surface area (TPSA) is 86.9 Å². The molecule has 2 aliphatic rings. The van der Waals surface area contributed by atoms with Gasteiger partial charge in [0.25, 0.3) is 5.91 Å². The fourth-order valence-corrected chi connectivity index (χ4v) is 4.94. The Balaban J connectivity index is 1.56. The summed E-state index contributed by atoms with van der Waals surface area (Å²) in [4.78, 5) is 17.0.